The van der Waals surface area contributed by atoms with E-state index in [1.54, 1.807) is 6.08 Å². The monoisotopic (exact) mass is 217 g/mol. The molecule has 0 saturated heterocycles. The van der Waals surface area contributed by atoms with Crippen molar-refractivity contribution in [2.24, 2.45) is 4.99 Å². The first-order valence-corrected chi connectivity index (χ1v) is 5.25. The van der Waals surface area contributed by atoms with Gasteiger partial charge in [0.15, 0.2) is 11.5 Å². The Hall–Kier alpha value is -1.80. The first-order valence-electron chi connectivity index (χ1n) is 5.25. The molecule has 2 aliphatic rings. The summed E-state index contributed by atoms with van der Waals surface area (Å²) in [7, 11) is 0. The lowest BCUT2D eigenvalue weighted by Crippen LogP contribution is -2.04. The first-order chi connectivity index (χ1) is 7.77. The van der Waals surface area contributed by atoms with Crippen LogP contribution in [0.2, 0.25) is 0 Å². The van der Waals surface area contributed by atoms with Crippen LogP contribution < -0.4 is 9.47 Å². The molecule has 1 saturated carbocycles. The Balaban J connectivity index is 2.16. The molecule has 0 bridgehead atoms. The van der Waals surface area contributed by atoms with Gasteiger partial charge in [-0.3, -0.25) is 0 Å². The summed E-state index contributed by atoms with van der Waals surface area (Å²) in [6.07, 6.45) is 3.41. The highest BCUT2D eigenvalue weighted by molar-refractivity contribution is 5.57. The number of carbonyl (C=O) groups excluding carboxylic acids is 1. The van der Waals surface area contributed by atoms with E-state index >= 15 is 0 Å². The molecule has 1 fully saturated rings. The molecule has 0 aromatic heterocycles. The molecule has 3 rings (SSSR count). The minimum absolute atomic E-state index is 0.244. The lowest BCUT2D eigenvalue weighted by atomic mass is 10.0. The maximum Gasteiger partial charge on any atom is 0.235 e. The fraction of sp³-hybridized carbons (Fsp3) is 0.417. The third-order valence-corrected chi connectivity index (χ3v) is 3.20. The number of rotatable bonds is 2. The molecule has 1 aliphatic heterocycles. The van der Waals surface area contributed by atoms with Gasteiger partial charge < -0.3 is 9.47 Å². The summed E-state index contributed by atoms with van der Waals surface area (Å²) in [4.78, 5) is 14.3. The molecule has 1 aliphatic carbocycles. The van der Waals surface area contributed by atoms with E-state index in [1.165, 1.54) is 0 Å². The number of aliphatic imine (C=N–C) groups is 1. The number of ether oxygens (including phenoxy) is 2. The highest BCUT2D eigenvalue weighted by Crippen LogP contribution is 2.55. The Labute approximate surface area is 92.9 Å². The Morgan fingerprint density at radius 2 is 2.06 bits per heavy atom. The van der Waals surface area contributed by atoms with Gasteiger partial charge >= 0.3 is 0 Å². The normalized spacial score (nSPS) is 19.1. The van der Waals surface area contributed by atoms with Crippen molar-refractivity contribution in [2.75, 3.05) is 6.79 Å². The van der Waals surface area contributed by atoms with Crippen molar-refractivity contribution in [1.29, 1.82) is 0 Å². The topological polar surface area (TPSA) is 47.9 Å². The zero-order chi connectivity index (χ0) is 11.2. The summed E-state index contributed by atoms with van der Waals surface area (Å²) in [6, 6.07) is 3.94. The van der Waals surface area contributed by atoms with Crippen molar-refractivity contribution in [3.05, 3.63) is 23.3 Å². The molecule has 82 valence electrons. The van der Waals surface area contributed by atoms with E-state index in [0.29, 0.717) is 0 Å². The molecule has 0 amide bonds. The third kappa shape index (κ3) is 1.17. The van der Waals surface area contributed by atoms with E-state index in [2.05, 4.69) is 4.99 Å². The van der Waals surface area contributed by atoms with Crippen molar-refractivity contribution in [3.63, 3.8) is 0 Å². The van der Waals surface area contributed by atoms with Crippen LogP contribution in [0, 0.1) is 6.92 Å². The highest BCUT2D eigenvalue weighted by Gasteiger charge is 2.48. The molecule has 1 aromatic carbocycles. The fourth-order valence-corrected chi connectivity index (χ4v) is 2.14. The van der Waals surface area contributed by atoms with Gasteiger partial charge in [-0.05, 0) is 25.3 Å². The van der Waals surface area contributed by atoms with E-state index in [-0.39, 0.29) is 6.79 Å². The van der Waals surface area contributed by atoms with Crippen LogP contribution in [0.1, 0.15) is 24.0 Å². The SMILES string of the molecule is Cc1ccc(C2(N=C=O)CC2)c2c1OCO2. The van der Waals surface area contributed by atoms with Crippen LogP contribution in [0.25, 0.3) is 0 Å². The Kier molecular flexibility index (Phi) is 1.82. The van der Waals surface area contributed by atoms with Crippen molar-refractivity contribution < 1.29 is 14.3 Å². The summed E-state index contributed by atoms with van der Waals surface area (Å²) in [6.45, 7) is 2.22. The number of hydrogen-bond acceptors (Lipinski definition) is 4. The number of nitrogens with zero attached hydrogens (tertiary/aromatic N) is 1. The average Bonchev–Trinajstić information content (AvgIpc) is 2.88. The number of hydrogen-bond donors (Lipinski definition) is 0. The summed E-state index contributed by atoms with van der Waals surface area (Å²) in [5.41, 5.74) is 1.60. The van der Waals surface area contributed by atoms with Crippen LogP contribution >= 0.6 is 0 Å². The van der Waals surface area contributed by atoms with Gasteiger partial charge in [0, 0.05) is 5.56 Å². The second-order valence-corrected chi connectivity index (χ2v) is 4.23. The molecule has 0 spiro atoms. The molecule has 4 heteroatoms. The number of isocyanates is 1. The molecule has 0 N–H and O–H groups in total. The van der Waals surface area contributed by atoms with Crippen molar-refractivity contribution in [1.82, 2.24) is 0 Å². The Morgan fingerprint density at radius 1 is 1.31 bits per heavy atom. The van der Waals surface area contributed by atoms with E-state index in [4.69, 9.17) is 9.47 Å². The zero-order valence-electron chi connectivity index (χ0n) is 8.95. The van der Waals surface area contributed by atoms with Crippen LogP contribution in [0.5, 0.6) is 11.5 Å². The lowest BCUT2D eigenvalue weighted by molar-refractivity contribution is 0.172. The van der Waals surface area contributed by atoms with Gasteiger partial charge in [-0.25, -0.2) is 4.79 Å². The van der Waals surface area contributed by atoms with Crippen LogP contribution in [0.15, 0.2) is 17.1 Å². The van der Waals surface area contributed by atoms with Gasteiger partial charge in [-0.1, -0.05) is 12.1 Å². The summed E-state index contributed by atoms with van der Waals surface area (Å²) >= 11 is 0. The van der Waals surface area contributed by atoms with Crippen LogP contribution in [0.4, 0.5) is 0 Å². The van der Waals surface area contributed by atoms with Gasteiger partial charge in [0.1, 0.15) is 5.54 Å². The predicted octanol–water partition coefficient (Wildman–Crippen LogP) is 2.05. The highest BCUT2D eigenvalue weighted by atomic mass is 16.7. The van der Waals surface area contributed by atoms with E-state index in [1.807, 2.05) is 19.1 Å². The Bertz CT molecular complexity index is 499. The molecule has 0 unspecified atom stereocenters. The molecule has 1 aromatic rings. The molecule has 4 nitrogen and oxygen atoms in total. The van der Waals surface area contributed by atoms with Crippen molar-refractivity contribution in [3.8, 4) is 11.5 Å². The van der Waals surface area contributed by atoms with Gasteiger partial charge in [-0.2, -0.15) is 4.99 Å². The smallest absolute Gasteiger partial charge is 0.235 e. The summed E-state index contributed by atoms with van der Waals surface area (Å²) in [5.74, 6) is 1.53. The van der Waals surface area contributed by atoms with Gasteiger partial charge in [0.25, 0.3) is 0 Å². The molecule has 0 radical (unpaired) electrons. The zero-order valence-corrected chi connectivity index (χ0v) is 8.95. The standard InChI is InChI=1S/C12H11NO3/c1-8-2-3-9(11-10(8)15-7-16-11)12(4-5-12)13-6-14/h2-3H,4-5,7H2,1H3. The first kappa shape index (κ1) is 9.43. The van der Waals surface area contributed by atoms with Crippen LogP contribution in [0.3, 0.4) is 0 Å². The minimum atomic E-state index is -0.396. The van der Waals surface area contributed by atoms with Crippen LogP contribution in [-0.4, -0.2) is 12.9 Å². The molecule has 1 heterocycles. The van der Waals surface area contributed by atoms with E-state index in [9.17, 15) is 4.79 Å². The summed E-state index contributed by atoms with van der Waals surface area (Å²) in [5, 5.41) is 0. The van der Waals surface area contributed by atoms with E-state index < -0.39 is 5.54 Å². The third-order valence-electron chi connectivity index (χ3n) is 3.20. The fourth-order valence-electron chi connectivity index (χ4n) is 2.14. The minimum Gasteiger partial charge on any atom is -0.453 e. The van der Waals surface area contributed by atoms with Gasteiger partial charge in [0.05, 0.1) is 0 Å². The van der Waals surface area contributed by atoms with E-state index in [0.717, 1.165) is 35.5 Å². The van der Waals surface area contributed by atoms with Gasteiger partial charge in [0.2, 0.25) is 12.9 Å². The quantitative estimate of drug-likeness (QED) is 0.562. The van der Waals surface area contributed by atoms with Crippen LogP contribution in [-0.2, 0) is 10.3 Å². The molecular weight excluding hydrogens is 206 g/mol. The van der Waals surface area contributed by atoms with Crippen molar-refractivity contribution in [2.45, 2.75) is 25.3 Å². The van der Waals surface area contributed by atoms with Gasteiger partial charge in [-0.15, -0.1) is 0 Å². The molecule has 0 atom stereocenters. The maximum absolute atomic E-state index is 10.4. The predicted molar refractivity (Wildman–Crippen MR) is 56.3 cm³/mol. The second kappa shape index (κ2) is 3.09. The number of aryl methyl sites for hydroxylation is 1. The lowest BCUT2D eigenvalue weighted by Gasteiger charge is -2.12. The Morgan fingerprint density at radius 3 is 2.75 bits per heavy atom. The summed E-state index contributed by atoms with van der Waals surface area (Å²) < 4.78 is 10.9. The molecule has 16 heavy (non-hydrogen) atoms. The average molecular weight is 217 g/mol. The van der Waals surface area contributed by atoms with Crippen molar-refractivity contribution >= 4 is 6.08 Å². The molecular formula is C12H11NO3. The maximum atomic E-state index is 10.4. The number of fused-ring (bicyclic) bond motifs is 1. The largest absolute Gasteiger partial charge is 0.453 e. The number of benzene rings is 1. The second-order valence-electron chi connectivity index (χ2n) is 4.23.